The van der Waals surface area contributed by atoms with Crippen LogP contribution in [0.1, 0.15) is 12.0 Å². The number of rotatable bonds is 1. The Morgan fingerprint density at radius 2 is 2.00 bits per heavy atom. The van der Waals surface area contributed by atoms with Crippen molar-refractivity contribution in [1.29, 1.82) is 0 Å². The van der Waals surface area contributed by atoms with Gasteiger partial charge in [0, 0.05) is 25.0 Å². The maximum atomic E-state index is 11.0. The molecule has 0 atom stereocenters. The molecule has 1 aromatic rings. The molecule has 3 heteroatoms. The van der Waals surface area contributed by atoms with E-state index < -0.39 is 0 Å². The topological polar surface area (TPSA) is 42.3 Å². The molecule has 2 rings (SSSR count). The second-order valence-corrected chi connectivity index (χ2v) is 2.81. The third-order valence-electron chi connectivity index (χ3n) is 1.86. The second kappa shape index (κ2) is 3.31. The third kappa shape index (κ3) is 1.69. The Bertz CT molecular complexity index is 379. The van der Waals surface area contributed by atoms with Crippen molar-refractivity contribution in [3.05, 3.63) is 36.3 Å². The van der Waals surface area contributed by atoms with Gasteiger partial charge in [-0.25, -0.2) is 0 Å². The number of carbonyl (C=O) groups excluding carboxylic acids is 1. The fourth-order valence-electron chi connectivity index (χ4n) is 1.23. The highest BCUT2D eigenvalue weighted by molar-refractivity contribution is 6.30. The highest BCUT2D eigenvalue weighted by Crippen LogP contribution is 2.19. The molecule has 0 saturated carbocycles. The molecular formula is C10H8N2O. The minimum atomic E-state index is 0.0503. The first-order valence-electron chi connectivity index (χ1n) is 4.02. The molecule has 1 aliphatic rings. The fraction of sp³-hybridized carbons (Fsp3) is 0.100. The molecule has 0 bridgehead atoms. The third-order valence-corrected chi connectivity index (χ3v) is 1.86. The van der Waals surface area contributed by atoms with E-state index in [9.17, 15) is 4.79 Å². The zero-order valence-corrected chi connectivity index (χ0v) is 6.97. The van der Waals surface area contributed by atoms with Gasteiger partial charge < -0.3 is 0 Å². The van der Waals surface area contributed by atoms with Crippen molar-refractivity contribution in [2.24, 2.45) is 4.99 Å². The first-order valence-corrected chi connectivity index (χ1v) is 4.02. The van der Waals surface area contributed by atoms with Crippen LogP contribution in [0.25, 0.3) is 5.57 Å². The Morgan fingerprint density at radius 3 is 2.69 bits per heavy atom. The summed E-state index contributed by atoms with van der Waals surface area (Å²) in [6.07, 6.45) is 6.92. The number of aliphatic imine (C=N–C) groups is 1. The van der Waals surface area contributed by atoms with Crippen LogP contribution >= 0.6 is 0 Å². The Hall–Kier alpha value is -1.77. The number of pyridine rings is 1. The molecule has 0 amide bonds. The maximum Gasteiger partial charge on any atom is 0.178 e. The normalized spacial score (nSPS) is 15.7. The van der Waals surface area contributed by atoms with Gasteiger partial charge >= 0.3 is 0 Å². The van der Waals surface area contributed by atoms with Crippen molar-refractivity contribution in [1.82, 2.24) is 4.98 Å². The summed E-state index contributed by atoms with van der Waals surface area (Å²) in [5, 5.41) is 0. The predicted octanol–water partition coefficient (Wildman–Crippen LogP) is 1.47. The summed E-state index contributed by atoms with van der Waals surface area (Å²) in [7, 11) is 0. The highest BCUT2D eigenvalue weighted by atomic mass is 16.1. The van der Waals surface area contributed by atoms with Crippen LogP contribution in [0.15, 0.2) is 35.7 Å². The van der Waals surface area contributed by atoms with Gasteiger partial charge in [-0.3, -0.25) is 14.8 Å². The van der Waals surface area contributed by atoms with Crippen LogP contribution in [0.4, 0.5) is 0 Å². The van der Waals surface area contributed by atoms with Crippen LogP contribution in [-0.2, 0) is 4.79 Å². The van der Waals surface area contributed by atoms with Crippen LogP contribution in [0.3, 0.4) is 0 Å². The Kier molecular flexibility index (Phi) is 2.00. The van der Waals surface area contributed by atoms with Gasteiger partial charge in [0.15, 0.2) is 5.78 Å². The van der Waals surface area contributed by atoms with E-state index in [0.717, 1.165) is 11.1 Å². The summed E-state index contributed by atoms with van der Waals surface area (Å²) in [5.41, 5.74) is 1.97. The minimum Gasteiger partial charge on any atom is -0.293 e. The van der Waals surface area contributed by atoms with E-state index >= 15 is 0 Å². The Balaban J connectivity index is 2.33. The highest BCUT2D eigenvalue weighted by Gasteiger charge is 2.09. The Labute approximate surface area is 75.8 Å². The summed E-state index contributed by atoms with van der Waals surface area (Å²) in [5.74, 6) is 0.0503. The number of allylic oxidation sites excluding steroid dienone is 1. The quantitative estimate of drug-likeness (QED) is 0.643. The summed E-state index contributed by atoms with van der Waals surface area (Å²) < 4.78 is 0. The van der Waals surface area contributed by atoms with Crippen molar-refractivity contribution in [3.63, 3.8) is 0 Å². The van der Waals surface area contributed by atoms with Crippen molar-refractivity contribution in [2.75, 3.05) is 0 Å². The molecule has 0 N–H and O–H groups in total. The van der Waals surface area contributed by atoms with Gasteiger partial charge in [0.2, 0.25) is 0 Å². The summed E-state index contributed by atoms with van der Waals surface area (Å²) in [6.45, 7) is 0. The molecule has 0 spiro atoms. The average molecular weight is 172 g/mol. The largest absolute Gasteiger partial charge is 0.293 e. The van der Waals surface area contributed by atoms with Gasteiger partial charge in [0.25, 0.3) is 0 Å². The lowest BCUT2D eigenvalue weighted by Crippen LogP contribution is -2.04. The molecule has 13 heavy (non-hydrogen) atoms. The second-order valence-electron chi connectivity index (χ2n) is 2.81. The molecule has 0 aliphatic carbocycles. The predicted molar refractivity (Wildman–Crippen MR) is 50.3 cm³/mol. The molecule has 2 heterocycles. The smallest absolute Gasteiger partial charge is 0.178 e. The van der Waals surface area contributed by atoms with Crippen molar-refractivity contribution >= 4 is 17.6 Å². The molecule has 64 valence electrons. The molecule has 0 fully saturated rings. The van der Waals surface area contributed by atoms with Gasteiger partial charge in [-0.15, -0.1) is 0 Å². The number of hydrogen-bond acceptors (Lipinski definition) is 3. The molecule has 0 unspecified atom stereocenters. The van der Waals surface area contributed by atoms with E-state index in [2.05, 4.69) is 9.98 Å². The zero-order chi connectivity index (χ0) is 9.10. The molecule has 0 radical (unpaired) electrons. The van der Waals surface area contributed by atoms with E-state index in [-0.39, 0.29) is 5.78 Å². The standard InChI is InChI=1S/C10H8N2O/c13-10-5-9(6-12-7-10)8-1-3-11-4-2-8/h1-4,6-7H,5H2. The zero-order valence-electron chi connectivity index (χ0n) is 6.97. The van der Waals surface area contributed by atoms with E-state index in [1.807, 2.05) is 12.1 Å². The van der Waals surface area contributed by atoms with Gasteiger partial charge in [-0.05, 0) is 23.3 Å². The number of hydrogen-bond donors (Lipinski definition) is 0. The first kappa shape index (κ1) is 7.86. The molecular weight excluding hydrogens is 164 g/mol. The van der Waals surface area contributed by atoms with Gasteiger partial charge in [-0.2, -0.15) is 0 Å². The van der Waals surface area contributed by atoms with Crippen molar-refractivity contribution in [2.45, 2.75) is 6.42 Å². The Morgan fingerprint density at radius 1 is 1.23 bits per heavy atom. The van der Waals surface area contributed by atoms with Gasteiger partial charge in [0.05, 0.1) is 6.21 Å². The average Bonchev–Trinajstić information content (AvgIpc) is 2.19. The molecule has 3 nitrogen and oxygen atoms in total. The van der Waals surface area contributed by atoms with Gasteiger partial charge in [0.1, 0.15) is 0 Å². The SMILES string of the molecule is O=C1C=NC=C(c2ccncc2)C1. The molecule has 0 saturated heterocycles. The van der Waals surface area contributed by atoms with Crippen molar-refractivity contribution in [3.8, 4) is 0 Å². The van der Waals surface area contributed by atoms with E-state index in [1.54, 1.807) is 18.6 Å². The van der Waals surface area contributed by atoms with Crippen LogP contribution in [0.2, 0.25) is 0 Å². The van der Waals surface area contributed by atoms with E-state index in [1.165, 1.54) is 6.21 Å². The number of aromatic nitrogens is 1. The summed E-state index contributed by atoms with van der Waals surface area (Å²) in [6, 6.07) is 3.75. The number of carbonyl (C=O) groups is 1. The summed E-state index contributed by atoms with van der Waals surface area (Å²) in [4.78, 5) is 18.8. The summed E-state index contributed by atoms with van der Waals surface area (Å²) >= 11 is 0. The van der Waals surface area contributed by atoms with E-state index in [4.69, 9.17) is 0 Å². The lowest BCUT2D eigenvalue weighted by atomic mass is 10.0. The first-order chi connectivity index (χ1) is 6.36. The molecule has 1 aromatic heterocycles. The van der Waals surface area contributed by atoms with Crippen LogP contribution < -0.4 is 0 Å². The van der Waals surface area contributed by atoms with Crippen LogP contribution in [0, 0.1) is 0 Å². The van der Waals surface area contributed by atoms with Crippen molar-refractivity contribution < 1.29 is 4.79 Å². The van der Waals surface area contributed by atoms with Gasteiger partial charge in [-0.1, -0.05) is 0 Å². The molecule has 1 aliphatic heterocycles. The van der Waals surface area contributed by atoms with Crippen LogP contribution in [0.5, 0.6) is 0 Å². The monoisotopic (exact) mass is 172 g/mol. The fourth-order valence-corrected chi connectivity index (χ4v) is 1.23. The van der Waals surface area contributed by atoms with E-state index in [0.29, 0.717) is 6.42 Å². The lowest BCUT2D eigenvalue weighted by molar-refractivity contribution is -0.111. The van der Waals surface area contributed by atoms with Crippen LogP contribution in [-0.4, -0.2) is 17.0 Å². The number of nitrogens with zero attached hydrogens (tertiary/aromatic N) is 2. The number of ketones is 1. The number of Topliss-reactive ketones (excluding diaryl/α,β-unsaturated/α-hetero) is 1. The maximum absolute atomic E-state index is 11.0. The minimum absolute atomic E-state index is 0.0503. The lowest BCUT2D eigenvalue weighted by Gasteiger charge is -2.06. The molecule has 0 aromatic carbocycles.